The summed E-state index contributed by atoms with van der Waals surface area (Å²) in [6, 6.07) is 56.7. The Labute approximate surface area is 285 Å². The van der Waals surface area contributed by atoms with Gasteiger partial charge in [0, 0.05) is 17.1 Å². The summed E-state index contributed by atoms with van der Waals surface area (Å²) in [6.45, 7) is 12.8. The summed E-state index contributed by atoms with van der Waals surface area (Å²) in [5.41, 5.74) is 15.0. The van der Waals surface area contributed by atoms with Crippen LogP contribution < -0.4 is 4.90 Å². The average Bonchev–Trinajstić information content (AvgIpc) is 3.40. The Kier molecular flexibility index (Phi) is 8.36. The normalized spacial score (nSPS) is 15.6. The molecule has 48 heavy (non-hydrogen) atoms. The topological polar surface area (TPSA) is 3.24 Å². The van der Waals surface area contributed by atoms with Crippen LogP contribution in [-0.4, -0.2) is 0 Å². The first-order valence-corrected chi connectivity index (χ1v) is 16.5. The van der Waals surface area contributed by atoms with Crippen molar-refractivity contribution < 1.29 is 0 Å². The average molecular weight is 618 g/mol. The van der Waals surface area contributed by atoms with Crippen molar-refractivity contribution in [2.45, 2.75) is 19.3 Å². The summed E-state index contributed by atoms with van der Waals surface area (Å²) in [5.74, 6) is 0. The minimum absolute atomic E-state index is 0.459. The van der Waals surface area contributed by atoms with Crippen molar-refractivity contribution >= 4 is 22.6 Å². The quantitative estimate of drug-likeness (QED) is 0.146. The summed E-state index contributed by atoms with van der Waals surface area (Å²) in [6.07, 6.45) is 6.07. The number of anilines is 3. The standard InChI is InChI=1S/C47H39N/c1-5-17-34(3)47(40-23-14-9-15-24-40)35(4)44(6-2)45-31-30-43(33-46(45)47)48(41-28-26-38(27-29-41)36-18-10-7-11-19-36)42-25-16-22-39(32-42)37-20-12-8-13-21-37/h5-33H,1-2H2,3-4H3. The van der Waals surface area contributed by atoms with Crippen molar-refractivity contribution in [3.8, 4) is 22.3 Å². The van der Waals surface area contributed by atoms with E-state index < -0.39 is 5.41 Å². The van der Waals surface area contributed by atoms with Crippen molar-refractivity contribution in [1.29, 1.82) is 0 Å². The number of nitrogens with zero attached hydrogens (tertiary/aromatic N) is 1. The highest BCUT2D eigenvalue weighted by molar-refractivity contribution is 5.91. The molecule has 7 rings (SSSR count). The molecule has 6 aromatic rings. The first-order valence-electron chi connectivity index (χ1n) is 16.5. The zero-order valence-corrected chi connectivity index (χ0v) is 27.6. The largest absolute Gasteiger partial charge is 0.310 e. The zero-order chi connectivity index (χ0) is 33.1. The van der Waals surface area contributed by atoms with Gasteiger partial charge in [-0.3, -0.25) is 0 Å². The van der Waals surface area contributed by atoms with Crippen molar-refractivity contribution in [1.82, 2.24) is 0 Å². The number of rotatable bonds is 9. The van der Waals surface area contributed by atoms with E-state index in [1.807, 2.05) is 12.2 Å². The van der Waals surface area contributed by atoms with Crippen LogP contribution in [0.3, 0.4) is 0 Å². The second kappa shape index (κ2) is 13.1. The van der Waals surface area contributed by atoms with Crippen LogP contribution in [0.5, 0.6) is 0 Å². The maximum atomic E-state index is 4.27. The monoisotopic (exact) mass is 617 g/mol. The Hall–Kier alpha value is -5.92. The molecule has 0 aliphatic heterocycles. The summed E-state index contributed by atoms with van der Waals surface area (Å²) < 4.78 is 0. The first-order chi connectivity index (χ1) is 23.6. The Morgan fingerprint density at radius 1 is 0.562 bits per heavy atom. The third-order valence-electron chi connectivity index (χ3n) is 9.74. The Bertz CT molecular complexity index is 2150. The van der Waals surface area contributed by atoms with Gasteiger partial charge in [0.15, 0.2) is 0 Å². The fourth-order valence-electron chi connectivity index (χ4n) is 7.52. The molecule has 0 fully saturated rings. The van der Waals surface area contributed by atoms with Crippen molar-refractivity contribution in [2.75, 3.05) is 4.90 Å². The summed E-state index contributed by atoms with van der Waals surface area (Å²) in [4.78, 5) is 2.38. The van der Waals surface area contributed by atoms with Gasteiger partial charge in [-0.1, -0.05) is 158 Å². The summed E-state index contributed by atoms with van der Waals surface area (Å²) >= 11 is 0. The molecule has 0 radical (unpaired) electrons. The highest BCUT2D eigenvalue weighted by atomic mass is 15.1. The van der Waals surface area contributed by atoms with E-state index in [1.165, 1.54) is 55.7 Å². The van der Waals surface area contributed by atoms with E-state index in [4.69, 9.17) is 0 Å². The van der Waals surface area contributed by atoms with Crippen LogP contribution in [0.25, 0.3) is 27.8 Å². The molecule has 6 aromatic carbocycles. The highest BCUT2D eigenvalue weighted by Gasteiger charge is 2.45. The number of fused-ring (bicyclic) bond motifs is 1. The van der Waals surface area contributed by atoms with Crippen molar-refractivity contribution in [3.05, 3.63) is 217 Å². The van der Waals surface area contributed by atoms with Gasteiger partial charge in [0.05, 0.1) is 5.41 Å². The number of allylic oxidation sites excluding steroid dienone is 6. The van der Waals surface area contributed by atoms with Crippen LogP contribution in [0, 0.1) is 0 Å². The molecule has 0 saturated carbocycles. The number of hydrogen-bond acceptors (Lipinski definition) is 1. The van der Waals surface area contributed by atoms with Gasteiger partial charge in [0.2, 0.25) is 0 Å². The Balaban J connectivity index is 1.46. The molecule has 1 aliphatic carbocycles. The molecule has 0 heterocycles. The summed E-state index contributed by atoms with van der Waals surface area (Å²) in [5, 5.41) is 0. The zero-order valence-electron chi connectivity index (χ0n) is 27.6. The molecule has 0 N–H and O–H groups in total. The van der Waals surface area contributed by atoms with Gasteiger partial charge in [0.25, 0.3) is 0 Å². The van der Waals surface area contributed by atoms with Gasteiger partial charge >= 0.3 is 0 Å². The molecular formula is C47H39N. The van der Waals surface area contributed by atoms with Crippen LogP contribution >= 0.6 is 0 Å². The van der Waals surface area contributed by atoms with E-state index in [9.17, 15) is 0 Å². The summed E-state index contributed by atoms with van der Waals surface area (Å²) in [7, 11) is 0. The molecule has 1 heteroatoms. The molecule has 232 valence electrons. The maximum absolute atomic E-state index is 4.27. The first kappa shape index (κ1) is 30.7. The molecule has 1 nitrogen and oxygen atoms in total. The Morgan fingerprint density at radius 3 is 1.73 bits per heavy atom. The SMILES string of the molecule is C=CC=C(C)C1(c2ccccc2)C(C)=C(C=C)c2ccc(N(c3ccc(-c4ccccc4)cc3)c3cccc(-c4ccccc4)c3)cc21. The lowest BCUT2D eigenvalue weighted by atomic mass is 9.67. The molecule has 0 saturated heterocycles. The molecule has 0 bridgehead atoms. The lowest BCUT2D eigenvalue weighted by Crippen LogP contribution is -2.29. The Morgan fingerprint density at radius 2 is 1.10 bits per heavy atom. The lowest BCUT2D eigenvalue weighted by Gasteiger charge is -2.36. The number of benzene rings is 6. The predicted molar refractivity (Wildman–Crippen MR) is 206 cm³/mol. The van der Waals surface area contributed by atoms with E-state index in [0.29, 0.717) is 0 Å². The lowest BCUT2D eigenvalue weighted by molar-refractivity contribution is 0.723. The van der Waals surface area contributed by atoms with Crippen LogP contribution in [0.1, 0.15) is 30.5 Å². The molecule has 1 aliphatic rings. The molecule has 0 spiro atoms. The van der Waals surface area contributed by atoms with Gasteiger partial charge in [-0.05, 0) is 100 Å². The van der Waals surface area contributed by atoms with Gasteiger partial charge in [-0.25, -0.2) is 0 Å². The fourth-order valence-corrected chi connectivity index (χ4v) is 7.52. The van der Waals surface area contributed by atoms with Gasteiger partial charge in [0.1, 0.15) is 0 Å². The smallest absolute Gasteiger partial charge is 0.0634 e. The highest BCUT2D eigenvalue weighted by Crippen LogP contribution is 2.56. The van der Waals surface area contributed by atoms with Crippen LogP contribution in [0.15, 0.2) is 200 Å². The third kappa shape index (κ3) is 5.24. The van der Waals surface area contributed by atoms with Gasteiger partial charge in [-0.2, -0.15) is 0 Å². The molecule has 0 aromatic heterocycles. The third-order valence-corrected chi connectivity index (χ3v) is 9.74. The van der Waals surface area contributed by atoms with Crippen LogP contribution in [0.2, 0.25) is 0 Å². The van der Waals surface area contributed by atoms with Crippen LogP contribution in [0.4, 0.5) is 17.1 Å². The minimum atomic E-state index is -0.459. The predicted octanol–water partition coefficient (Wildman–Crippen LogP) is 12.9. The molecule has 1 unspecified atom stereocenters. The van der Waals surface area contributed by atoms with E-state index in [-0.39, 0.29) is 0 Å². The van der Waals surface area contributed by atoms with Gasteiger partial charge in [-0.15, -0.1) is 0 Å². The van der Waals surface area contributed by atoms with Crippen molar-refractivity contribution in [2.24, 2.45) is 0 Å². The molecule has 0 amide bonds. The van der Waals surface area contributed by atoms with Gasteiger partial charge < -0.3 is 4.90 Å². The van der Waals surface area contributed by atoms with Crippen molar-refractivity contribution in [3.63, 3.8) is 0 Å². The van der Waals surface area contributed by atoms with E-state index in [0.717, 1.165) is 17.1 Å². The molecular weight excluding hydrogens is 579 g/mol. The van der Waals surface area contributed by atoms with E-state index in [2.05, 4.69) is 196 Å². The molecule has 1 atom stereocenters. The minimum Gasteiger partial charge on any atom is -0.310 e. The number of hydrogen-bond donors (Lipinski definition) is 0. The fraction of sp³-hybridized carbons (Fsp3) is 0.0638. The maximum Gasteiger partial charge on any atom is 0.0634 e. The van der Waals surface area contributed by atoms with E-state index >= 15 is 0 Å². The van der Waals surface area contributed by atoms with Crippen LogP contribution in [-0.2, 0) is 5.41 Å². The second-order valence-corrected chi connectivity index (χ2v) is 12.3. The van der Waals surface area contributed by atoms with E-state index in [1.54, 1.807) is 0 Å². The second-order valence-electron chi connectivity index (χ2n) is 12.3.